The van der Waals surface area contributed by atoms with E-state index in [9.17, 15) is 18.0 Å². The van der Waals surface area contributed by atoms with Crippen LogP contribution in [0.3, 0.4) is 0 Å². The average Bonchev–Trinajstić information content (AvgIpc) is 2.19. The molecule has 0 aliphatic rings. The third kappa shape index (κ3) is 3.34. The number of alkyl halides is 3. The van der Waals surface area contributed by atoms with Crippen molar-refractivity contribution in [3.8, 4) is 0 Å². The standard InChI is InChI=1S/C10H9ClF3NO2/c1-15(10(12,13)14)8(9(16)17)6-2-4-7(11)5-3-6/h2-5,8H,1H3,(H,16,17). The highest BCUT2D eigenvalue weighted by atomic mass is 35.5. The summed E-state index contributed by atoms with van der Waals surface area (Å²) in [5.74, 6) is -1.58. The number of likely N-dealkylation sites (N-methyl/N-ethyl adjacent to an activating group) is 1. The van der Waals surface area contributed by atoms with Gasteiger partial charge in [0, 0.05) is 5.02 Å². The number of carboxylic acids is 1. The molecule has 0 aromatic heterocycles. The number of halogens is 4. The summed E-state index contributed by atoms with van der Waals surface area (Å²) in [6.07, 6.45) is -4.72. The maximum Gasteiger partial charge on any atom is 0.460 e. The Hall–Kier alpha value is -1.27. The molecule has 1 N–H and O–H groups in total. The Kier molecular flexibility index (Phi) is 4.00. The van der Waals surface area contributed by atoms with Gasteiger partial charge in [0.2, 0.25) is 0 Å². The van der Waals surface area contributed by atoms with E-state index in [1.54, 1.807) is 0 Å². The van der Waals surface area contributed by atoms with Gasteiger partial charge >= 0.3 is 12.3 Å². The molecule has 17 heavy (non-hydrogen) atoms. The Labute approximate surface area is 100 Å². The number of hydrogen-bond donors (Lipinski definition) is 1. The summed E-state index contributed by atoms with van der Waals surface area (Å²) in [5.41, 5.74) is 0.0155. The maximum absolute atomic E-state index is 12.5. The van der Waals surface area contributed by atoms with E-state index in [4.69, 9.17) is 16.7 Å². The third-order valence-corrected chi connectivity index (χ3v) is 2.46. The number of benzene rings is 1. The molecule has 1 unspecified atom stereocenters. The van der Waals surface area contributed by atoms with E-state index in [2.05, 4.69) is 0 Å². The second-order valence-corrected chi connectivity index (χ2v) is 3.81. The summed E-state index contributed by atoms with van der Waals surface area (Å²) in [5, 5.41) is 9.18. The predicted molar refractivity (Wildman–Crippen MR) is 55.6 cm³/mol. The first-order chi connectivity index (χ1) is 7.73. The van der Waals surface area contributed by atoms with Crippen LogP contribution in [0.1, 0.15) is 11.6 Å². The SMILES string of the molecule is CN(C(C(=O)O)c1ccc(Cl)cc1)C(F)(F)F. The Balaban J connectivity index is 3.10. The molecule has 1 aromatic rings. The Morgan fingerprint density at radius 1 is 1.35 bits per heavy atom. The minimum absolute atomic E-state index is 0.0155. The van der Waals surface area contributed by atoms with Crippen molar-refractivity contribution in [3.05, 3.63) is 34.9 Å². The van der Waals surface area contributed by atoms with E-state index < -0.39 is 18.3 Å². The molecule has 1 aromatic carbocycles. The van der Waals surface area contributed by atoms with Gasteiger partial charge in [-0.15, -0.1) is 0 Å². The van der Waals surface area contributed by atoms with Gasteiger partial charge in [-0.05, 0) is 24.7 Å². The molecule has 1 atom stereocenters. The van der Waals surface area contributed by atoms with Crippen LogP contribution < -0.4 is 0 Å². The molecule has 3 nitrogen and oxygen atoms in total. The number of carboxylic acid groups (broad SMARTS) is 1. The van der Waals surface area contributed by atoms with E-state index in [-0.39, 0.29) is 10.5 Å². The molecule has 0 heterocycles. The minimum Gasteiger partial charge on any atom is -0.480 e. The Morgan fingerprint density at radius 3 is 2.18 bits per heavy atom. The summed E-state index contributed by atoms with van der Waals surface area (Å²) in [6.45, 7) is 0. The first kappa shape index (κ1) is 13.8. The highest BCUT2D eigenvalue weighted by Gasteiger charge is 2.42. The van der Waals surface area contributed by atoms with Crippen LogP contribution in [0.25, 0.3) is 0 Å². The summed E-state index contributed by atoms with van der Waals surface area (Å²) in [4.78, 5) is 10.7. The van der Waals surface area contributed by atoms with Crippen LogP contribution in [0.15, 0.2) is 24.3 Å². The fraction of sp³-hybridized carbons (Fsp3) is 0.300. The number of nitrogens with zero attached hydrogens (tertiary/aromatic N) is 1. The number of carbonyl (C=O) groups is 1. The van der Waals surface area contributed by atoms with Crippen molar-refractivity contribution in [2.75, 3.05) is 7.05 Å². The Morgan fingerprint density at radius 2 is 1.82 bits per heavy atom. The molecule has 7 heteroatoms. The fourth-order valence-corrected chi connectivity index (χ4v) is 1.45. The molecule has 1 rings (SSSR count). The van der Waals surface area contributed by atoms with Gasteiger partial charge in [0.25, 0.3) is 0 Å². The molecule has 0 bridgehead atoms. The molecular formula is C10H9ClF3NO2. The van der Waals surface area contributed by atoms with Crippen molar-refractivity contribution in [1.82, 2.24) is 4.90 Å². The van der Waals surface area contributed by atoms with Gasteiger partial charge in [0.1, 0.15) is 6.04 Å². The highest BCUT2D eigenvalue weighted by Crippen LogP contribution is 2.30. The van der Waals surface area contributed by atoms with Crippen molar-refractivity contribution in [1.29, 1.82) is 0 Å². The predicted octanol–water partition coefficient (Wildman–Crippen LogP) is 2.92. The lowest BCUT2D eigenvalue weighted by Crippen LogP contribution is -2.41. The molecular weight excluding hydrogens is 259 g/mol. The van der Waals surface area contributed by atoms with Gasteiger partial charge in [0.05, 0.1) is 0 Å². The largest absolute Gasteiger partial charge is 0.480 e. The van der Waals surface area contributed by atoms with Crippen molar-refractivity contribution in [2.24, 2.45) is 0 Å². The van der Waals surface area contributed by atoms with Crippen LogP contribution in [0.5, 0.6) is 0 Å². The summed E-state index contributed by atoms with van der Waals surface area (Å²) >= 11 is 5.58. The molecule has 0 radical (unpaired) electrons. The van der Waals surface area contributed by atoms with Crippen molar-refractivity contribution in [2.45, 2.75) is 12.3 Å². The molecule has 0 spiro atoms. The van der Waals surface area contributed by atoms with Crippen molar-refractivity contribution >= 4 is 17.6 Å². The monoisotopic (exact) mass is 267 g/mol. The van der Waals surface area contributed by atoms with Crippen LogP contribution in [-0.4, -0.2) is 29.3 Å². The lowest BCUT2D eigenvalue weighted by atomic mass is 10.1. The summed E-state index contributed by atoms with van der Waals surface area (Å²) in [7, 11) is 0.688. The third-order valence-electron chi connectivity index (χ3n) is 2.21. The molecule has 0 fully saturated rings. The number of hydrogen-bond acceptors (Lipinski definition) is 2. The lowest BCUT2D eigenvalue weighted by Gasteiger charge is -2.26. The quantitative estimate of drug-likeness (QED) is 0.856. The van der Waals surface area contributed by atoms with Gasteiger partial charge < -0.3 is 5.11 Å². The van der Waals surface area contributed by atoms with Crippen molar-refractivity contribution < 1.29 is 23.1 Å². The topological polar surface area (TPSA) is 40.5 Å². The average molecular weight is 268 g/mol. The zero-order valence-electron chi connectivity index (χ0n) is 8.70. The smallest absolute Gasteiger partial charge is 0.460 e. The Bertz CT molecular complexity index is 405. The summed E-state index contributed by atoms with van der Waals surface area (Å²) < 4.78 is 37.4. The molecule has 94 valence electrons. The number of rotatable bonds is 3. The van der Waals surface area contributed by atoms with E-state index >= 15 is 0 Å². The normalized spacial score (nSPS) is 13.8. The van der Waals surface area contributed by atoms with Gasteiger partial charge in [-0.3, -0.25) is 4.79 Å². The minimum atomic E-state index is -4.72. The van der Waals surface area contributed by atoms with E-state index in [0.29, 0.717) is 12.1 Å². The second kappa shape index (κ2) is 4.93. The molecule has 0 saturated heterocycles. The van der Waals surface area contributed by atoms with Crippen LogP contribution in [0, 0.1) is 0 Å². The van der Waals surface area contributed by atoms with E-state index in [1.807, 2.05) is 0 Å². The second-order valence-electron chi connectivity index (χ2n) is 3.37. The first-order valence-electron chi connectivity index (χ1n) is 4.51. The van der Waals surface area contributed by atoms with E-state index in [0.717, 1.165) is 0 Å². The van der Waals surface area contributed by atoms with Gasteiger partial charge in [-0.1, -0.05) is 23.7 Å². The highest BCUT2D eigenvalue weighted by molar-refractivity contribution is 6.30. The van der Waals surface area contributed by atoms with Gasteiger partial charge in [-0.2, -0.15) is 18.1 Å². The molecule has 0 aliphatic carbocycles. The van der Waals surface area contributed by atoms with Crippen LogP contribution in [0.2, 0.25) is 5.02 Å². The van der Waals surface area contributed by atoms with Gasteiger partial charge in [0.15, 0.2) is 0 Å². The molecule has 0 aliphatic heterocycles. The van der Waals surface area contributed by atoms with Crippen molar-refractivity contribution in [3.63, 3.8) is 0 Å². The maximum atomic E-state index is 12.5. The zero-order chi connectivity index (χ0) is 13.2. The number of aliphatic carboxylic acids is 1. The molecule has 0 amide bonds. The van der Waals surface area contributed by atoms with E-state index in [1.165, 1.54) is 24.3 Å². The molecule has 0 saturated carbocycles. The zero-order valence-corrected chi connectivity index (χ0v) is 9.46. The lowest BCUT2D eigenvalue weighted by molar-refractivity contribution is -0.251. The van der Waals surface area contributed by atoms with Crippen LogP contribution in [-0.2, 0) is 4.79 Å². The van der Waals surface area contributed by atoms with Crippen LogP contribution >= 0.6 is 11.6 Å². The van der Waals surface area contributed by atoms with Crippen LogP contribution in [0.4, 0.5) is 13.2 Å². The van der Waals surface area contributed by atoms with Gasteiger partial charge in [-0.25, -0.2) is 0 Å². The summed E-state index contributed by atoms with van der Waals surface area (Å²) in [6, 6.07) is 3.41. The fourth-order valence-electron chi connectivity index (χ4n) is 1.32. The first-order valence-corrected chi connectivity index (χ1v) is 4.89.